The summed E-state index contributed by atoms with van der Waals surface area (Å²) in [4.78, 5) is 30.6. The topological polar surface area (TPSA) is 59.1 Å². The fourth-order valence-electron chi connectivity index (χ4n) is 6.30. The summed E-state index contributed by atoms with van der Waals surface area (Å²) < 4.78 is 11.9. The standard InChI is InChI=1S/C26H46N2O4/c1-23(2)15-19(25(5,6)27(23)9)21(29)31-17-11-13-18(14-12-17)32-22(30)20-16-24(3,4)28(10)26(20,7)8/h17-20H,11-16H2,1-10H3. The molecule has 2 heterocycles. The highest BCUT2D eigenvalue weighted by atomic mass is 16.6. The molecule has 32 heavy (non-hydrogen) atoms. The lowest BCUT2D eigenvalue weighted by atomic mass is 9.86. The van der Waals surface area contributed by atoms with E-state index in [1.807, 2.05) is 0 Å². The van der Waals surface area contributed by atoms with Crippen molar-refractivity contribution in [1.82, 2.24) is 9.80 Å². The minimum Gasteiger partial charge on any atom is -0.462 e. The Balaban J connectivity index is 1.51. The lowest BCUT2D eigenvalue weighted by molar-refractivity contribution is -0.165. The molecule has 3 aliphatic rings. The maximum absolute atomic E-state index is 13.0. The Kier molecular flexibility index (Phi) is 6.58. The Morgan fingerprint density at radius 1 is 0.625 bits per heavy atom. The number of nitrogens with zero attached hydrogens (tertiary/aromatic N) is 2. The highest BCUT2D eigenvalue weighted by molar-refractivity contribution is 5.75. The summed E-state index contributed by atoms with van der Waals surface area (Å²) in [7, 11) is 4.19. The second kappa shape index (κ2) is 8.26. The van der Waals surface area contributed by atoms with E-state index in [2.05, 4.69) is 79.3 Å². The molecule has 2 unspecified atom stereocenters. The van der Waals surface area contributed by atoms with Crippen molar-refractivity contribution in [3.05, 3.63) is 0 Å². The van der Waals surface area contributed by atoms with E-state index >= 15 is 0 Å². The summed E-state index contributed by atoms with van der Waals surface area (Å²) in [5, 5.41) is 0. The smallest absolute Gasteiger partial charge is 0.311 e. The van der Waals surface area contributed by atoms with Crippen LogP contribution in [0.2, 0.25) is 0 Å². The Morgan fingerprint density at radius 2 is 0.906 bits per heavy atom. The summed E-state index contributed by atoms with van der Waals surface area (Å²) >= 11 is 0. The molecule has 2 atom stereocenters. The molecule has 0 amide bonds. The van der Waals surface area contributed by atoms with Gasteiger partial charge in [0.2, 0.25) is 0 Å². The quantitative estimate of drug-likeness (QED) is 0.592. The molecule has 2 saturated heterocycles. The zero-order valence-corrected chi connectivity index (χ0v) is 22.1. The van der Waals surface area contributed by atoms with Crippen molar-refractivity contribution in [1.29, 1.82) is 0 Å². The third kappa shape index (κ3) is 4.46. The minimum atomic E-state index is -0.220. The van der Waals surface area contributed by atoms with Gasteiger partial charge in [0.05, 0.1) is 11.8 Å². The van der Waals surface area contributed by atoms with Crippen LogP contribution in [0.15, 0.2) is 0 Å². The third-order valence-corrected chi connectivity index (χ3v) is 9.41. The molecule has 2 aliphatic heterocycles. The summed E-state index contributed by atoms with van der Waals surface area (Å²) in [5.74, 6) is -0.400. The largest absolute Gasteiger partial charge is 0.462 e. The molecule has 0 radical (unpaired) electrons. The van der Waals surface area contributed by atoms with Crippen LogP contribution in [0.5, 0.6) is 0 Å². The number of rotatable bonds is 4. The monoisotopic (exact) mass is 450 g/mol. The third-order valence-electron chi connectivity index (χ3n) is 9.41. The lowest BCUT2D eigenvalue weighted by Crippen LogP contribution is -2.48. The first kappa shape index (κ1) is 25.5. The van der Waals surface area contributed by atoms with E-state index in [1.54, 1.807) is 0 Å². The van der Waals surface area contributed by atoms with Gasteiger partial charge in [0.15, 0.2) is 0 Å². The van der Waals surface area contributed by atoms with Crippen molar-refractivity contribution in [3.63, 3.8) is 0 Å². The molecular weight excluding hydrogens is 404 g/mol. The highest BCUT2D eigenvalue weighted by Gasteiger charge is 2.54. The highest BCUT2D eigenvalue weighted by Crippen LogP contribution is 2.46. The first-order valence-corrected chi connectivity index (χ1v) is 12.4. The van der Waals surface area contributed by atoms with E-state index in [-0.39, 0.29) is 58.1 Å². The fraction of sp³-hybridized carbons (Fsp3) is 0.923. The molecule has 0 bridgehead atoms. The number of carbonyl (C=O) groups excluding carboxylic acids is 2. The normalized spacial score (nSPS) is 36.1. The number of ether oxygens (including phenoxy) is 2. The molecule has 3 rings (SSSR count). The molecule has 3 fully saturated rings. The van der Waals surface area contributed by atoms with Crippen LogP contribution < -0.4 is 0 Å². The van der Waals surface area contributed by atoms with Gasteiger partial charge in [-0.15, -0.1) is 0 Å². The van der Waals surface area contributed by atoms with E-state index in [0.29, 0.717) is 0 Å². The van der Waals surface area contributed by atoms with E-state index in [9.17, 15) is 9.59 Å². The van der Waals surface area contributed by atoms with Crippen molar-refractivity contribution in [2.75, 3.05) is 14.1 Å². The summed E-state index contributed by atoms with van der Waals surface area (Å²) in [6, 6.07) is 0. The summed E-state index contributed by atoms with van der Waals surface area (Å²) in [6.07, 6.45) is 4.51. The van der Waals surface area contributed by atoms with E-state index in [1.165, 1.54) is 0 Å². The van der Waals surface area contributed by atoms with Crippen LogP contribution in [-0.4, -0.2) is 70.2 Å². The van der Waals surface area contributed by atoms with Gasteiger partial charge >= 0.3 is 11.9 Å². The van der Waals surface area contributed by atoms with E-state index in [4.69, 9.17) is 9.47 Å². The van der Waals surface area contributed by atoms with Gasteiger partial charge in [-0.25, -0.2) is 0 Å². The van der Waals surface area contributed by atoms with Crippen LogP contribution in [-0.2, 0) is 19.1 Å². The van der Waals surface area contributed by atoms with Gasteiger partial charge in [0.1, 0.15) is 12.2 Å². The van der Waals surface area contributed by atoms with Gasteiger partial charge in [-0.3, -0.25) is 19.4 Å². The second-order valence-corrected chi connectivity index (χ2v) is 12.8. The molecular formula is C26H46N2O4. The van der Waals surface area contributed by atoms with Crippen molar-refractivity contribution < 1.29 is 19.1 Å². The Bertz CT molecular complexity index is 672. The molecule has 184 valence electrons. The number of carbonyl (C=O) groups is 2. The van der Waals surface area contributed by atoms with Gasteiger partial charge in [0, 0.05) is 22.2 Å². The van der Waals surface area contributed by atoms with Crippen molar-refractivity contribution >= 4 is 11.9 Å². The van der Waals surface area contributed by atoms with Gasteiger partial charge in [0.25, 0.3) is 0 Å². The molecule has 6 nitrogen and oxygen atoms in total. The van der Waals surface area contributed by atoms with Gasteiger partial charge in [-0.1, -0.05) is 0 Å². The van der Waals surface area contributed by atoms with E-state index < -0.39 is 0 Å². The lowest BCUT2D eigenvalue weighted by Gasteiger charge is -2.38. The van der Waals surface area contributed by atoms with E-state index in [0.717, 1.165) is 38.5 Å². The molecule has 0 aromatic carbocycles. The molecule has 0 spiro atoms. The summed E-state index contributed by atoms with van der Waals surface area (Å²) in [5.41, 5.74) is -0.476. The maximum atomic E-state index is 13.0. The van der Waals surface area contributed by atoms with Crippen LogP contribution in [0.3, 0.4) is 0 Å². The van der Waals surface area contributed by atoms with Gasteiger partial charge in [-0.05, 0) is 108 Å². The molecule has 1 saturated carbocycles. The average Bonchev–Trinajstić information content (AvgIpc) is 2.96. The second-order valence-electron chi connectivity index (χ2n) is 12.8. The van der Waals surface area contributed by atoms with Crippen LogP contribution in [0.25, 0.3) is 0 Å². The molecule has 1 aliphatic carbocycles. The predicted octanol–water partition coefficient (Wildman–Crippen LogP) is 4.40. The van der Waals surface area contributed by atoms with Gasteiger partial charge < -0.3 is 9.47 Å². The first-order chi connectivity index (χ1) is 14.5. The van der Waals surface area contributed by atoms with Crippen molar-refractivity contribution in [3.8, 4) is 0 Å². The molecule has 6 heteroatoms. The maximum Gasteiger partial charge on any atom is 0.311 e. The number of likely N-dealkylation sites (tertiary alicyclic amines) is 2. The molecule has 0 N–H and O–H groups in total. The van der Waals surface area contributed by atoms with Crippen molar-refractivity contribution in [2.45, 2.75) is 128 Å². The molecule has 0 aromatic rings. The van der Waals surface area contributed by atoms with Crippen molar-refractivity contribution in [2.24, 2.45) is 11.8 Å². The van der Waals surface area contributed by atoms with Crippen LogP contribution >= 0.6 is 0 Å². The number of esters is 2. The number of hydrogen-bond donors (Lipinski definition) is 0. The average molecular weight is 451 g/mol. The predicted molar refractivity (Wildman–Crippen MR) is 126 cm³/mol. The Labute approximate surface area is 195 Å². The fourth-order valence-corrected chi connectivity index (χ4v) is 6.30. The molecule has 0 aromatic heterocycles. The number of hydrogen-bond acceptors (Lipinski definition) is 6. The zero-order valence-electron chi connectivity index (χ0n) is 22.1. The van der Waals surface area contributed by atoms with Crippen LogP contribution in [0.4, 0.5) is 0 Å². The Morgan fingerprint density at radius 3 is 1.12 bits per heavy atom. The zero-order chi connectivity index (χ0) is 24.3. The Hall–Kier alpha value is -1.14. The summed E-state index contributed by atoms with van der Waals surface area (Å²) in [6.45, 7) is 17.3. The van der Waals surface area contributed by atoms with Crippen LogP contribution in [0, 0.1) is 11.8 Å². The van der Waals surface area contributed by atoms with Crippen LogP contribution in [0.1, 0.15) is 93.9 Å². The minimum absolute atomic E-state index is 0.0182. The SMILES string of the molecule is CN1C(C)(C)CC(C(=O)OC2CCC(OC(=O)C3CC(C)(C)N(C)C3(C)C)CC2)C1(C)C. The first-order valence-electron chi connectivity index (χ1n) is 12.4. The van der Waals surface area contributed by atoms with Gasteiger partial charge in [-0.2, -0.15) is 0 Å².